The molecule has 0 atom stereocenters. The Balaban J connectivity index is 2.12. The molecule has 0 spiro atoms. The second-order valence-electron chi connectivity index (χ2n) is 4.46. The summed E-state index contributed by atoms with van der Waals surface area (Å²) in [5.74, 6) is 1.41. The Morgan fingerprint density at radius 2 is 1.86 bits per heavy atom. The minimum absolute atomic E-state index is 0.377. The van der Waals surface area contributed by atoms with E-state index in [1.807, 2.05) is 42.5 Å². The third kappa shape index (κ3) is 2.89. The summed E-state index contributed by atoms with van der Waals surface area (Å²) in [6.07, 6.45) is 3.38. The van der Waals surface area contributed by atoms with Crippen LogP contribution in [0.4, 0.5) is 0 Å². The van der Waals surface area contributed by atoms with Gasteiger partial charge in [-0.2, -0.15) is 0 Å². The Labute approximate surface area is 135 Å². The van der Waals surface area contributed by atoms with Crippen molar-refractivity contribution in [2.24, 2.45) is 5.73 Å². The highest BCUT2D eigenvalue weighted by Crippen LogP contribution is 2.32. The van der Waals surface area contributed by atoms with Crippen molar-refractivity contribution in [3.8, 4) is 11.5 Å². The maximum atomic E-state index is 5.93. The topological polar surface area (TPSA) is 48.1 Å². The van der Waals surface area contributed by atoms with Crippen LogP contribution in [-0.4, -0.2) is 9.97 Å². The Kier molecular flexibility index (Phi) is 3.86. The van der Waals surface area contributed by atoms with Gasteiger partial charge in [0.15, 0.2) is 0 Å². The van der Waals surface area contributed by atoms with Crippen molar-refractivity contribution in [2.75, 3.05) is 0 Å². The van der Waals surface area contributed by atoms with Crippen LogP contribution < -0.4 is 10.5 Å². The normalized spacial score (nSPS) is 10.5. The summed E-state index contributed by atoms with van der Waals surface area (Å²) in [6.45, 7) is 0. The Hall–Kier alpha value is -1.98. The van der Waals surface area contributed by atoms with Crippen LogP contribution in [-0.2, 0) is 0 Å². The lowest BCUT2D eigenvalue weighted by Gasteiger charge is -2.11. The molecule has 3 rings (SSSR count). The zero-order chi connectivity index (χ0) is 14.8. The number of ether oxygens (including phenoxy) is 1. The molecule has 0 aliphatic heterocycles. The molecular formula is C16H11BrN2OS. The summed E-state index contributed by atoms with van der Waals surface area (Å²) in [5, 5.41) is 1.94. The van der Waals surface area contributed by atoms with Crippen LogP contribution >= 0.6 is 28.1 Å². The molecule has 21 heavy (non-hydrogen) atoms. The number of rotatable bonds is 3. The number of nitrogens with zero attached hydrogens (tertiary/aromatic N) is 1. The number of benzene rings is 2. The van der Waals surface area contributed by atoms with E-state index < -0.39 is 0 Å². The molecule has 0 unspecified atom stereocenters. The summed E-state index contributed by atoms with van der Waals surface area (Å²) in [7, 11) is 0. The van der Waals surface area contributed by atoms with Crippen LogP contribution in [0.15, 0.2) is 59.3 Å². The van der Waals surface area contributed by atoms with Crippen molar-refractivity contribution in [3.63, 3.8) is 0 Å². The van der Waals surface area contributed by atoms with Gasteiger partial charge in [-0.3, -0.25) is 4.98 Å². The van der Waals surface area contributed by atoms with E-state index in [0.29, 0.717) is 10.7 Å². The largest absolute Gasteiger partial charge is 0.455 e. The zero-order valence-corrected chi connectivity index (χ0v) is 13.3. The number of fused-ring (bicyclic) bond motifs is 1. The van der Waals surface area contributed by atoms with E-state index in [9.17, 15) is 0 Å². The van der Waals surface area contributed by atoms with Crippen LogP contribution in [0.1, 0.15) is 5.56 Å². The fraction of sp³-hybridized carbons (Fsp3) is 0. The summed E-state index contributed by atoms with van der Waals surface area (Å²) >= 11 is 8.48. The first-order chi connectivity index (χ1) is 10.1. The molecule has 3 aromatic rings. The highest BCUT2D eigenvalue weighted by atomic mass is 79.9. The van der Waals surface area contributed by atoms with Gasteiger partial charge in [-0.25, -0.2) is 0 Å². The molecule has 3 nitrogen and oxygen atoms in total. The molecule has 0 radical (unpaired) electrons. The number of hydrogen-bond donors (Lipinski definition) is 1. The SMILES string of the molecule is NC(=S)c1ccc(Oc2cncc(Br)c2)c2ccccc12. The Morgan fingerprint density at radius 1 is 1.10 bits per heavy atom. The van der Waals surface area contributed by atoms with Crippen molar-refractivity contribution in [1.82, 2.24) is 4.98 Å². The number of nitrogens with two attached hydrogens (primary N) is 1. The second kappa shape index (κ2) is 5.79. The lowest BCUT2D eigenvalue weighted by Crippen LogP contribution is -2.09. The van der Waals surface area contributed by atoms with Gasteiger partial charge in [0, 0.05) is 21.6 Å². The first-order valence-corrected chi connectivity index (χ1v) is 7.45. The summed E-state index contributed by atoms with van der Waals surface area (Å²) in [6, 6.07) is 13.5. The van der Waals surface area contributed by atoms with Crippen LogP contribution in [0.3, 0.4) is 0 Å². The monoisotopic (exact) mass is 358 g/mol. The standard InChI is InChI=1S/C16H11BrN2OS/c17-10-7-11(9-19-8-10)20-15-6-5-14(16(18)21)12-3-1-2-4-13(12)15/h1-9H,(H2,18,21). The molecule has 1 heterocycles. The molecule has 2 aromatic carbocycles. The van der Waals surface area contributed by atoms with Crippen molar-refractivity contribution in [3.05, 3.63) is 64.9 Å². The Morgan fingerprint density at radius 3 is 2.57 bits per heavy atom. The first kappa shape index (κ1) is 14.0. The third-order valence-corrected chi connectivity index (χ3v) is 3.71. The zero-order valence-electron chi connectivity index (χ0n) is 10.9. The van der Waals surface area contributed by atoms with Gasteiger partial charge in [-0.1, -0.05) is 36.5 Å². The van der Waals surface area contributed by atoms with Gasteiger partial charge < -0.3 is 10.5 Å². The van der Waals surface area contributed by atoms with E-state index in [1.54, 1.807) is 12.4 Å². The maximum absolute atomic E-state index is 5.93. The third-order valence-electron chi connectivity index (χ3n) is 3.06. The molecule has 5 heteroatoms. The van der Waals surface area contributed by atoms with Crippen molar-refractivity contribution < 1.29 is 4.74 Å². The molecule has 0 saturated carbocycles. The predicted molar refractivity (Wildman–Crippen MR) is 91.8 cm³/mol. The van der Waals surface area contributed by atoms with Crippen molar-refractivity contribution >= 4 is 43.9 Å². The molecule has 0 aliphatic carbocycles. The van der Waals surface area contributed by atoms with E-state index in [2.05, 4.69) is 20.9 Å². The second-order valence-corrected chi connectivity index (χ2v) is 5.82. The number of hydrogen-bond acceptors (Lipinski definition) is 3. The summed E-state index contributed by atoms with van der Waals surface area (Å²) in [4.78, 5) is 4.47. The van der Waals surface area contributed by atoms with Gasteiger partial charge in [-0.05, 0) is 39.5 Å². The number of thiocarbonyl (C=S) groups is 1. The quantitative estimate of drug-likeness (QED) is 0.703. The van der Waals surface area contributed by atoms with E-state index in [-0.39, 0.29) is 0 Å². The average Bonchev–Trinajstić information content (AvgIpc) is 2.47. The highest BCUT2D eigenvalue weighted by molar-refractivity contribution is 9.10. The molecule has 0 bridgehead atoms. The van der Waals surface area contributed by atoms with Gasteiger partial charge >= 0.3 is 0 Å². The van der Waals surface area contributed by atoms with Gasteiger partial charge in [-0.15, -0.1) is 0 Å². The average molecular weight is 359 g/mol. The van der Waals surface area contributed by atoms with Crippen LogP contribution in [0.2, 0.25) is 0 Å². The van der Waals surface area contributed by atoms with Crippen LogP contribution in [0, 0.1) is 0 Å². The summed E-state index contributed by atoms with van der Waals surface area (Å²) < 4.78 is 6.80. The van der Waals surface area contributed by atoms with E-state index in [4.69, 9.17) is 22.7 Å². The van der Waals surface area contributed by atoms with Gasteiger partial charge in [0.1, 0.15) is 16.5 Å². The van der Waals surface area contributed by atoms with Crippen LogP contribution in [0.25, 0.3) is 10.8 Å². The molecule has 0 saturated heterocycles. The van der Waals surface area contributed by atoms with Gasteiger partial charge in [0.2, 0.25) is 0 Å². The number of pyridine rings is 1. The van der Waals surface area contributed by atoms with E-state index in [0.717, 1.165) is 26.6 Å². The van der Waals surface area contributed by atoms with Crippen molar-refractivity contribution in [1.29, 1.82) is 0 Å². The predicted octanol–water partition coefficient (Wildman–Crippen LogP) is 4.42. The molecule has 0 aliphatic rings. The number of halogens is 1. The van der Waals surface area contributed by atoms with E-state index in [1.165, 1.54) is 0 Å². The Bertz CT molecular complexity index is 835. The van der Waals surface area contributed by atoms with Gasteiger partial charge in [0.05, 0.1) is 6.20 Å². The number of aromatic nitrogens is 1. The first-order valence-electron chi connectivity index (χ1n) is 6.25. The fourth-order valence-electron chi connectivity index (χ4n) is 2.15. The molecule has 2 N–H and O–H groups in total. The fourth-order valence-corrected chi connectivity index (χ4v) is 2.67. The van der Waals surface area contributed by atoms with Crippen LogP contribution in [0.5, 0.6) is 11.5 Å². The van der Waals surface area contributed by atoms with E-state index >= 15 is 0 Å². The molecular weight excluding hydrogens is 348 g/mol. The molecule has 1 aromatic heterocycles. The lowest BCUT2D eigenvalue weighted by atomic mass is 10.0. The molecule has 104 valence electrons. The minimum atomic E-state index is 0.377. The molecule has 0 fully saturated rings. The highest BCUT2D eigenvalue weighted by Gasteiger charge is 2.09. The van der Waals surface area contributed by atoms with Gasteiger partial charge in [0.25, 0.3) is 0 Å². The maximum Gasteiger partial charge on any atom is 0.146 e. The molecule has 0 amide bonds. The minimum Gasteiger partial charge on any atom is -0.455 e. The lowest BCUT2D eigenvalue weighted by molar-refractivity contribution is 0.485. The summed E-state index contributed by atoms with van der Waals surface area (Å²) in [5.41, 5.74) is 6.62. The van der Waals surface area contributed by atoms with Crippen molar-refractivity contribution in [2.45, 2.75) is 0 Å². The smallest absolute Gasteiger partial charge is 0.146 e.